The summed E-state index contributed by atoms with van der Waals surface area (Å²) in [6, 6.07) is 12.1. The molecule has 0 fully saturated rings. The second-order valence-corrected chi connectivity index (χ2v) is 5.11. The third-order valence-electron chi connectivity index (χ3n) is 3.33. The number of cyclic esters (lactones) is 1. The molecule has 0 amide bonds. The molecule has 1 aliphatic rings. The summed E-state index contributed by atoms with van der Waals surface area (Å²) in [4.78, 5) is 15.9. The highest BCUT2D eigenvalue weighted by atomic mass is 19.1. The quantitative estimate of drug-likeness (QED) is 0.634. The number of hydrogen-bond acceptors (Lipinski definition) is 3. The van der Waals surface area contributed by atoms with Crippen LogP contribution in [0.4, 0.5) is 8.78 Å². The Labute approximate surface area is 131 Å². The minimum absolute atomic E-state index is 0.129. The molecule has 0 spiro atoms. The van der Waals surface area contributed by atoms with Gasteiger partial charge in [-0.1, -0.05) is 24.3 Å². The zero-order valence-corrected chi connectivity index (χ0v) is 12.1. The van der Waals surface area contributed by atoms with E-state index in [0.29, 0.717) is 18.4 Å². The molecular formula is C18H13F2NO2. The van der Waals surface area contributed by atoms with Gasteiger partial charge in [0.2, 0.25) is 0 Å². The van der Waals surface area contributed by atoms with Crippen molar-refractivity contribution in [1.82, 2.24) is 0 Å². The Kier molecular flexibility index (Phi) is 4.28. The first kappa shape index (κ1) is 15.1. The first-order valence-electron chi connectivity index (χ1n) is 7.11. The fourth-order valence-corrected chi connectivity index (χ4v) is 2.26. The summed E-state index contributed by atoms with van der Waals surface area (Å²) in [7, 11) is 0. The number of benzene rings is 2. The minimum Gasteiger partial charge on any atom is -0.407 e. The highest BCUT2D eigenvalue weighted by molar-refractivity contribution is 6.07. The van der Waals surface area contributed by atoms with Gasteiger partial charge < -0.3 is 4.74 Å². The summed E-state index contributed by atoms with van der Waals surface area (Å²) >= 11 is 0. The van der Waals surface area contributed by atoms with Crippen molar-refractivity contribution in [3.63, 3.8) is 0 Å². The van der Waals surface area contributed by atoms with Crippen LogP contribution in [0.2, 0.25) is 0 Å². The van der Waals surface area contributed by atoms with Crippen LogP contribution >= 0.6 is 0 Å². The third-order valence-corrected chi connectivity index (χ3v) is 3.33. The summed E-state index contributed by atoms with van der Waals surface area (Å²) in [5, 5.41) is 0. The fraction of sp³-hybridized carbons (Fsp3) is 0.111. The molecule has 5 heteroatoms. The van der Waals surface area contributed by atoms with Crippen LogP contribution < -0.4 is 0 Å². The largest absolute Gasteiger partial charge is 0.407 e. The van der Waals surface area contributed by atoms with Crippen molar-refractivity contribution in [2.75, 3.05) is 0 Å². The van der Waals surface area contributed by atoms with E-state index in [2.05, 4.69) is 4.99 Å². The smallest absolute Gasteiger partial charge is 0.363 e. The number of esters is 1. The highest BCUT2D eigenvalue weighted by Crippen LogP contribution is 2.18. The number of nitrogens with zero attached hydrogens (tertiary/aromatic N) is 1. The van der Waals surface area contributed by atoms with Crippen LogP contribution in [0.3, 0.4) is 0 Å². The first-order valence-corrected chi connectivity index (χ1v) is 7.11. The molecule has 0 atom stereocenters. The zero-order chi connectivity index (χ0) is 16.2. The number of aliphatic imine (C=N–C) groups is 1. The molecule has 0 aromatic heterocycles. The van der Waals surface area contributed by atoms with Crippen LogP contribution in [-0.4, -0.2) is 11.9 Å². The van der Waals surface area contributed by atoms with Crippen molar-refractivity contribution < 1.29 is 18.3 Å². The molecule has 1 heterocycles. The summed E-state index contributed by atoms with van der Waals surface area (Å²) < 4.78 is 31.3. The van der Waals surface area contributed by atoms with Gasteiger partial charge in [-0.05, 0) is 47.9 Å². The lowest BCUT2D eigenvalue weighted by molar-refractivity contribution is -0.130. The van der Waals surface area contributed by atoms with E-state index in [1.807, 2.05) is 0 Å². The first-order chi connectivity index (χ1) is 11.1. The average molecular weight is 313 g/mol. The van der Waals surface area contributed by atoms with E-state index in [1.54, 1.807) is 24.3 Å². The molecule has 1 aliphatic heterocycles. The van der Waals surface area contributed by atoms with E-state index in [0.717, 1.165) is 5.56 Å². The Balaban J connectivity index is 1.71. The number of aryl methyl sites for hydroxylation is 1. The van der Waals surface area contributed by atoms with Gasteiger partial charge in [-0.15, -0.1) is 0 Å². The molecule has 0 aliphatic carbocycles. The topological polar surface area (TPSA) is 38.7 Å². The van der Waals surface area contributed by atoms with Crippen LogP contribution in [0.1, 0.15) is 17.5 Å². The number of carbonyl (C=O) groups is 1. The van der Waals surface area contributed by atoms with Gasteiger partial charge in [0.25, 0.3) is 0 Å². The lowest BCUT2D eigenvalue weighted by Gasteiger charge is -2.00. The predicted octanol–water partition coefficient (Wildman–Crippen LogP) is 3.89. The fourth-order valence-electron chi connectivity index (χ4n) is 2.26. The molecule has 2 aromatic rings. The number of halogens is 2. The molecule has 3 rings (SSSR count). The molecule has 0 unspecified atom stereocenters. The SMILES string of the molecule is O=C1OC(CCc2cccc(F)c2)=N/C1=C/c1cccc(F)c1. The van der Waals surface area contributed by atoms with Crippen molar-refractivity contribution >= 4 is 17.9 Å². The summed E-state index contributed by atoms with van der Waals surface area (Å²) in [6.45, 7) is 0. The van der Waals surface area contributed by atoms with E-state index in [4.69, 9.17) is 4.74 Å². The van der Waals surface area contributed by atoms with Gasteiger partial charge in [0.05, 0.1) is 0 Å². The molecule has 0 radical (unpaired) electrons. The maximum atomic E-state index is 13.1. The summed E-state index contributed by atoms with van der Waals surface area (Å²) in [5.74, 6) is -0.981. The molecule has 116 valence electrons. The Morgan fingerprint density at radius 3 is 2.48 bits per heavy atom. The maximum Gasteiger partial charge on any atom is 0.363 e. The zero-order valence-electron chi connectivity index (χ0n) is 12.1. The molecule has 23 heavy (non-hydrogen) atoms. The van der Waals surface area contributed by atoms with E-state index in [9.17, 15) is 13.6 Å². The third kappa shape index (κ3) is 3.88. The molecule has 0 N–H and O–H groups in total. The molecule has 0 saturated heterocycles. The van der Waals surface area contributed by atoms with Crippen molar-refractivity contribution in [2.24, 2.45) is 4.99 Å². The lowest BCUT2D eigenvalue weighted by Crippen LogP contribution is -2.05. The van der Waals surface area contributed by atoms with E-state index in [1.165, 1.54) is 30.3 Å². The van der Waals surface area contributed by atoms with Crippen molar-refractivity contribution in [3.05, 3.63) is 77.0 Å². The normalized spacial score (nSPS) is 15.7. The molecular weight excluding hydrogens is 300 g/mol. The Morgan fingerprint density at radius 1 is 1.00 bits per heavy atom. The summed E-state index contributed by atoms with van der Waals surface area (Å²) in [5.41, 5.74) is 1.46. The average Bonchev–Trinajstić information content (AvgIpc) is 2.86. The molecule has 3 nitrogen and oxygen atoms in total. The number of ether oxygens (including phenoxy) is 1. The van der Waals surface area contributed by atoms with Gasteiger partial charge in [-0.2, -0.15) is 0 Å². The Hall–Kier alpha value is -2.82. The Morgan fingerprint density at radius 2 is 1.74 bits per heavy atom. The maximum absolute atomic E-state index is 13.1. The molecule has 2 aromatic carbocycles. The summed E-state index contributed by atoms with van der Waals surface area (Å²) in [6.07, 6.45) is 2.37. The number of hydrogen-bond donors (Lipinski definition) is 0. The van der Waals surface area contributed by atoms with Gasteiger partial charge in [0.15, 0.2) is 11.6 Å². The molecule has 0 bridgehead atoms. The Bertz CT molecular complexity index is 812. The van der Waals surface area contributed by atoms with Gasteiger partial charge >= 0.3 is 5.97 Å². The van der Waals surface area contributed by atoms with Crippen LogP contribution in [0.15, 0.2) is 59.2 Å². The van der Waals surface area contributed by atoms with Gasteiger partial charge in [0.1, 0.15) is 11.6 Å². The van der Waals surface area contributed by atoms with Crippen LogP contribution in [0, 0.1) is 11.6 Å². The minimum atomic E-state index is -0.566. The van der Waals surface area contributed by atoms with E-state index < -0.39 is 5.97 Å². The lowest BCUT2D eigenvalue weighted by atomic mass is 10.1. The van der Waals surface area contributed by atoms with E-state index in [-0.39, 0.29) is 23.2 Å². The second-order valence-electron chi connectivity index (χ2n) is 5.11. The standard InChI is InChI=1S/C18H13F2NO2/c19-14-5-1-3-12(9-14)7-8-17-21-16(18(22)23-17)11-13-4-2-6-15(20)10-13/h1-6,9-11H,7-8H2/b16-11+. The van der Waals surface area contributed by atoms with Crippen LogP contribution in [0.5, 0.6) is 0 Å². The van der Waals surface area contributed by atoms with Crippen LogP contribution in [0.25, 0.3) is 6.08 Å². The number of rotatable bonds is 4. The van der Waals surface area contributed by atoms with Crippen molar-refractivity contribution in [2.45, 2.75) is 12.8 Å². The van der Waals surface area contributed by atoms with Crippen molar-refractivity contribution in [1.29, 1.82) is 0 Å². The van der Waals surface area contributed by atoms with Gasteiger partial charge in [-0.3, -0.25) is 0 Å². The predicted molar refractivity (Wildman–Crippen MR) is 82.6 cm³/mol. The highest BCUT2D eigenvalue weighted by Gasteiger charge is 2.22. The van der Waals surface area contributed by atoms with Crippen LogP contribution in [-0.2, 0) is 16.0 Å². The van der Waals surface area contributed by atoms with Crippen molar-refractivity contribution in [3.8, 4) is 0 Å². The van der Waals surface area contributed by atoms with E-state index >= 15 is 0 Å². The number of carbonyl (C=O) groups excluding carboxylic acids is 1. The molecule has 0 saturated carbocycles. The van der Waals surface area contributed by atoms with Gasteiger partial charge in [0, 0.05) is 6.42 Å². The second kappa shape index (κ2) is 6.52. The van der Waals surface area contributed by atoms with Gasteiger partial charge in [-0.25, -0.2) is 18.6 Å². The monoisotopic (exact) mass is 313 g/mol.